The Kier molecular flexibility index (Phi) is 6.74. The number of nitrogens with one attached hydrogen (secondary N) is 1. The van der Waals surface area contributed by atoms with Crippen LogP contribution in [0.25, 0.3) is 0 Å². The summed E-state index contributed by atoms with van der Waals surface area (Å²) in [5.74, 6) is 0.213. The Morgan fingerprint density at radius 2 is 2.22 bits per heavy atom. The van der Waals surface area contributed by atoms with Gasteiger partial charge in [-0.05, 0) is 24.2 Å². The Morgan fingerprint density at radius 1 is 1.43 bits per heavy atom. The average molecular weight is 371 g/mol. The molecule has 0 saturated carbocycles. The predicted molar refractivity (Wildman–Crippen MR) is 88.9 cm³/mol. The Hall–Kier alpha value is -1.72. The van der Waals surface area contributed by atoms with E-state index in [0.29, 0.717) is 15.2 Å². The molecule has 0 spiro atoms. The molecule has 23 heavy (non-hydrogen) atoms. The molecule has 0 saturated heterocycles. The summed E-state index contributed by atoms with van der Waals surface area (Å²) in [5, 5.41) is 21.9. The van der Waals surface area contributed by atoms with E-state index in [1.807, 2.05) is 6.92 Å². The molecule has 0 aliphatic rings. The highest BCUT2D eigenvalue weighted by atomic mass is 32.2. The van der Waals surface area contributed by atoms with E-state index in [4.69, 9.17) is 0 Å². The highest BCUT2D eigenvalue weighted by molar-refractivity contribution is 8.03. The van der Waals surface area contributed by atoms with Crippen molar-refractivity contribution in [3.63, 3.8) is 0 Å². The van der Waals surface area contributed by atoms with Crippen molar-refractivity contribution in [2.75, 3.05) is 12.3 Å². The molecule has 0 bridgehead atoms. The predicted octanol–water partition coefficient (Wildman–Crippen LogP) is 2.61. The second kappa shape index (κ2) is 8.79. The summed E-state index contributed by atoms with van der Waals surface area (Å²) in [4.78, 5) is 26.0. The van der Waals surface area contributed by atoms with Crippen molar-refractivity contribution >= 4 is 46.5 Å². The van der Waals surface area contributed by atoms with E-state index in [2.05, 4.69) is 20.5 Å². The van der Waals surface area contributed by atoms with Crippen LogP contribution in [0, 0.1) is 10.1 Å². The molecule has 8 nitrogen and oxygen atoms in total. The zero-order valence-corrected chi connectivity index (χ0v) is 14.5. The molecule has 0 radical (unpaired) electrons. The molecule has 122 valence electrons. The van der Waals surface area contributed by atoms with Crippen LogP contribution in [0.1, 0.15) is 13.3 Å². The largest absolute Gasteiger partial charge is 0.355 e. The molecule has 0 aliphatic carbocycles. The second-order valence-corrected chi connectivity index (χ2v) is 7.60. The minimum absolute atomic E-state index is 0.0541. The van der Waals surface area contributed by atoms with Crippen molar-refractivity contribution < 1.29 is 9.72 Å². The number of hydrogen-bond acceptors (Lipinski definition) is 9. The first-order chi connectivity index (χ1) is 11.1. The third-order valence-electron chi connectivity index (χ3n) is 2.42. The second-order valence-electron chi connectivity index (χ2n) is 4.16. The monoisotopic (exact) mass is 371 g/mol. The van der Waals surface area contributed by atoms with Gasteiger partial charge in [-0.1, -0.05) is 30.0 Å². The van der Waals surface area contributed by atoms with Gasteiger partial charge < -0.3 is 5.32 Å². The maximum Gasteiger partial charge on any atom is 0.301 e. The van der Waals surface area contributed by atoms with Gasteiger partial charge in [0.15, 0.2) is 13.7 Å². The first-order valence-corrected chi connectivity index (χ1v) is 9.22. The molecular formula is C12H13N5O3S3. The van der Waals surface area contributed by atoms with Crippen LogP contribution < -0.4 is 5.32 Å². The Balaban J connectivity index is 1.95. The SMILES string of the molecule is CCCNC(=O)CSc1nnc(Sc2ncccc2[N+](=O)[O-])s1. The van der Waals surface area contributed by atoms with Crippen molar-refractivity contribution in [2.24, 2.45) is 0 Å². The third kappa shape index (κ3) is 5.44. The lowest BCUT2D eigenvalue weighted by Gasteiger charge is -2.00. The van der Waals surface area contributed by atoms with E-state index in [0.717, 1.165) is 18.2 Å². The highest BCUT2D eigenvalue weighted by Crippen LogP contribution is 2.36. The number of nitro groups is 1. The first-order valence-electron chi connectivity index (χ1n) is 6.60. The van der Waals surface area contributed by atoms with Crippen LogP contribution in [0.15, 0.2) is 32.0 Å². The maximum absolute atomic E-state index is 11.5. The van der Waals surface area contributed by atoms with Gasteiger partial charge in [0.25, 0.3) is 0 Å². The fraction of sp³-hybridized carbons (Fsp3) is 0.333. The van der Waals surface area contributed by atoms with Gasteiger partial charge in [-0.15, -0.1) is 10.2 Å². The third-order valence-corrected chi connectivity index (χ3v) is 5.53. The topological polar surface area (TPSA) is 111 Å². The zero-order valence-electron chi connectivity index (χ0n) is 12.1. The van der Waals surface area contributed by atoms with Crippen LogP contribution in [-0.4, -0.2) is 38.3 Å². The lowest BCUT2D eigenvalue weighted by molar-refractivity contribution is -0.388. The summed E-state index contributed by atoms with van der Waals surface area (Å²) in [6.07, 6.45) is 2.38. The first kappa shape index (κ1) is 17.6. The number of rotatable bonds is 8. The number of amides is 1. The molecule has 2 aromatic heterocycles. The van der Waals surface area contributed by atoms with Crippen LogP contribution in [0.4, 0.5) is 5.69 Å². The number of hydrogen-bond donors (Lipinski definition) is 1. The number of carbonyl (C=O) groups is 1. The van der Waals surface area contributed by atoms with Gasteiger partial charge >= 0.3 is 5.69 Å². The minimum atomic E-state index is -0.482. The molecule has 0 fully saturated rings. The molecule has 1 amide bonds. The van der Waals surface area contributed by atoms with Crippen LogP contribution in [-0.2, 0) is 4.79 Å². The molecule has 0 atom stereocenters. The number of aromatic nitrogens is 3. The molecule has 2 rings (SSSR count). The summed E-state index contributed by atoms with van der Waals surface area (Å²) in [6.45, 7) is 2.64. The van der Waals surface area contributed by atoms with Crippen molar-refractivity contribution in [1.29, 1.82) is 0 Å². The fourth-order valence-electron chi connectivity index (χ4n) is 1.42. The molecule has 0 unspecified atom stereocenters. The summed E-state index contributed by atoms with van der Waals surface area (Å²) in [7, 11) is 0. The van der Waals surface area contributed by atoms with Crippen molar-refractivity contribution in [3.05, 3.63) is 28.4 Å². The van der Waals surface area contributed by atoms with E-state index in [9.17, 15) is 14.9 Å². The van der Waals surface area contributed by atoms with Gasteiger partial charge in [0.2, 0.25) is 5.91 Å². The standard InChI is InChI=1S/C12H13N5O3S3/c1-2-5-13-9(18)7-21-11-15-16-12(23-11)22-10-8(17(19)20)4-3-6-14-10/h3-4,6H,2,5,7H2,1H3,(H,13,18). The smallest absolute Gasteiger partial charge is 0.301 e. The molecule has 2 aromatic rings. The van der Waals surface area contributed by atoms with E-state index in [1.165, 1.54) is 41.4 Å². The van der Waals surface area contributed by atoms with E-state index >= 15 is 0 Å². The van der Waals surface area contributed by atoms with Crippen LogP contribution in [0.2, 0.25) is 0 Å². The Labute approximate surface area is 144 Å². The zero-order chi connectivity index (χ0) is 16.7. The van der Waals surface area contributed by atoms with Gasteiger partial charge in [0.05, 0.1) is 10.7 Å². The van der Waals surface area contributed by atoms with Crippen molar-refractivity contribution in [3.8, 4) is 0 Å². The van der Waals surface area contributed by atoms with E-state index < -0.39 is 4.92 Å². The normalized spacial score (nSPS) is 10.5. The summed E-state index contributed by atoms with van der Waals surface area (Å²) < 4.78 is 1.18. The van der Waals surface area contributed by atoms with Crippen molar-refractivity contribution in [1.82, 2.24) is 20.5 Å². The van der Waals surface area contributed by atoms with Crippen LogP contribution in [0.3, 0.4) is 0 Å². The highest BCUT2D eigenvalue weighted by Gasteiger charge is 2.18. The Morgan fingerprint density at radius 3 is 2.96 bits per heavy atom. The summed E-state index contributed by atoms with van der Waals surface area (Å²) in [5.41, 5.74) is -0.0687. The lowest BCUT2D eigenvalue weighted by atomic mass is 10.4. The molecule has 11 heteroatoms. The van der Waals surface area contributed by atoms with Gasteiger partial charge in [0.1, 0.15) is 0 Å². The summed E-state index contributed by atoms with van der Waals surface area (Å²) >= 11 is 3.65. The molecule has 0 aliphatic heterocycles. The molecular weight excluding hydrogens is 358 g/mol. The quantitative estimate of drug-likeness (QED) is 0.428. The van der Waals surface area contributed by atoms with Gasteiger partial charge in [-0.3, -0.25) is 14.9 Å². The number of carbonyl (C=O) groups excluding carboxylic acids is 1. The number of pyridine rings is 1. The van der Waals surface area contributed by atoms with Gasteiger partial charge in [0, 0.05) is 18.8 Å². The van der Waals surface area contributed by atoms with Gasteiger partial charge in [-0.25, -0.2) is 4.98 Å². The minimum Gasteiger partial charge on any atom is -0.355 e. The average Bonchev–Trinajstić information content (AvgIpc) is 2.98. The van der Waals surface area contributed by atoms with Crippen LogP contribution in [0.5, 0.6) is 0 Å². The van der Waals surface area contributed by atoms with Gasteiger partial charge in [-0.2, -0.15) is 0 Å². The lowest BCUT2D eigenvalue weighted by Crippen LogP contribution is -2.25. The molecule has 1 N–H and O–H groups in total. The van der Waals surface area contributed by atoms with Crippen molar-refractivity contribution in [2.45, 2.75) is 27.0 Å². The van der Waals surface area contributed by atoms with E-state index in [-0.39, 0.29) is 22.4 Å². The maximum atomic E-state index is 11.5. The molecule has 0 aromatic carbocycles. The van der Waals surface area contributed by atoms with Crippen LogP contribution >= 0.6 is 34.9 Å². The van der Waals surface area contributed by atoms with E-state index in [1.54, 1.807) is 0 Å². The number of thioether (sulfide) groups is 1. The number of nitrogens with zero attached hydrogens (tertiary/aromatic N) is 4. The fourth-order valence-corrected chi connectivity index (χ4v) is 4.25. The molecule has 2 heterocycles. The summed E-state index contributed by atoms with van der Waals surface area (Å²) in [6, 6.07) is 2.91. The Bertz CT molecular complexity index is 694.